The van der Waals surface area contributed by atoms with Crippen LogP contribution in [0.5, 0.6) is 0 Å². The van der Waals surface area contributed by atoms with E-state index >= 15 is 0 Å². The lowest BCUT2D eigenvalue weighted by Crippen LogP contribution is -1.88. The van der Waals surface area contributed by atoms with Crippen LogP contribution in [0.2, 0.25) is 0 Å². The Morgan fingerprint density at radius 1 is 1.23 bits per heavy atom. The fourth-order valence-electron chi connectivity index (χ4n) is 1.17. The van der Waals surface area contributed by atoms with Crippen molar-refractivity contribution in [1.29, 1.82) is 0 Å². The Morgan fingerprint density at radius 2 is 2.00 bits per heavy atom. The summed E-state index contributed by atoms with van der Waals surface area (Å²) in [6.07, 6.45) is 2.19. The molecule has 0 saturated carbocycles. The van der Waals surface area contributed by atoms with Gasteiger partial charge in [-0.25, -0.2) is 0 Å². The molecular weight excluding hydrogens is 166 g/mol. The molecule has 66 valence electrons. The topological polar surface area (TPSA) is 50.9 Å². The molecule has 1 aromatic heterocycles. The smallest absolute Gasteiger partial charge is 0.0908 e. The van der Waals surface area contributed by atoms with Gasteiger partial charge in [-0.05, 0) is 10.8 Å². The van der Waals surface area contributed by atoms with Gasteiger partial charge < -0.3 is 5.21 Å². The first-order chi connectivity index (χ1) is 6.34. The van der Waals surface area contributed by atoms with Crippen molar-refractivity contribution in [3.05, 3.63) is 47.8 Å². The molecule has 0 aliphatic heterocycles. The van der Waals surface area contributed by atoms with Crippen LogP contribution in [0.4, 0.5) is 0 Å². The number of benzene rings is 1. The minimum atomic E-state index is 0.696. The highest BCUT2D eigenvalue weighted by atomic mass is 16.5. The van der Waals surface area contributed by atoms with E-state index in [2.05, 4.69) is 10.3 Å². The fraction of sp³-hybridized carbons (Fsp3) is 0.111. The van der Waals surface area contributed by atoms with Gasteiger partial charge in [-0.2, -0.15) is 0 Å². The van der Waals surface area contributed by atoms with Crippen LogP contribution in [0.1, 0.15) is 11.3 Å². The second kappa shape index (κ2) is 3.26. The zero-order chi connectivity index (χ0) is 9.10. The van der Waals surface area contributed by atoms with E-state index in [1.807, 2.05) is 30.3 Å². The third-order valence-electron chi connectivity index (χ3n) is 1.76. The summed E-state index contributed by atoms with van der Waals surface area (Å²) >= 11 is 0. The molecule has 2 aromatic rings. The van der Waals surface area contributed by atoms with E-state index in [1.165, 1.54) is 6.20 Å². The molecule has 2 rings (SSSR count). The monoisotopic (exact) mass is 175 g/mol. The summed E-state index contributed by atoms with van der Waals surface area (Å²) in [7, 11) is 0. The summed E-state index contributed by atoms with van der Waals surface area (Å²) in [6, 6.07) is 9.93. The third kappa shape index (κ3) is 1.84. The lowest BCUT2D eigenvalue weighted by atomic mass is 10.1. The molecule has 0 amide bonds. The molecule has 1 N–H and O–H groups in total. The van der Waals surface area contributed by atoms with Crippen molar-refractivity contribution in [2.45, 2.75) is 6.42 Å². The Labute approximate surface area is 75.4 Å². The van der Waals surface area contributed by atoms with Crippen LogP contribution >= 0.6 is 0 Å². The maximum atomic E-state index is 8.87. The van der Waals surface area contributed by atoms with Crippen LogP contribution < -0.4 is 0 Å². The highest BCUT2D eigenvalue weighted by molar-refractivity contribution is 5.19. The molecule has 0 atom stereocenters. The van der Waals surface area contributed by atoms with Gasteiger partial charge in [0.1, 0.15) is 0 Å². The Bertz CT molecular complexity index is 383. The van der Waals surface area contributed by atoms with Crippen molar-refractivity contribution < 1.29 is 5.21 Å². The first-order valence-corrected chi connectivity index (χ1v) is 3.99. The van der Waals surface area contributed by atoms with E-state index in [1.54, 1.807) is 0 Å². The van der Waals surface area contributed by atoms with Crippen molar-refractivity contribution in [2.24, 2.45) is 0 Å². The Balaban J connectivity index is 2.15. The molecule has 0 fully saturated rings. The first kappa shape index (κ1) is 7.79. The summed E-state index contributed by atoms with van der Waals surface area (Å²) < 4.78 is 0. The van der Waals surface area contributed by atoms with E-state index < -0.39 is 0 Å². The normalized spacial score (nSPS) is 10.2. The van der Waals surface area contributed by atoms with E-state index in [0.29, 0.717) is 6.42 Å². The van der Waals surface area contributed by atoms with Crippen LogP contribution in [-0.4, -0.2) is 20.4 Å². The Morgan fingerprint density at radius 3 is 2.62 bits per heavy atom. The average Bonchev–Trinajstić information content (AvgIpc) is 2.53. The lowest BCUT2D eigenvalue weighted by Gasteiger charge is -1.94. The predicted molar refractivity (Wildman–Crippen MR) is 46.5 cm³/mol. The zero-order valence-corrected chi connectivity index (χ0v) is 6.96. The van der Waals surface area contributed by atoms with Crippen LogP contribution in [0.15, 0.2) is 36.5 Å². The average molecular weight is 175 g/mol. The second-order valence-electron chi connectivity index (χ2n) is 2.79. The standard InChI is InChI=1S/C9H9N3O/c13-12-7-9(10-11-12)6-8-4-2-1-3-5-8/h1-5,7,13H,6H2. The fourth-order valence-corrected chi connectivity index (χ4v) is 1.17. The summed E-state index contributed by atoms with van der Waals surface area (Å²) in [5, 5.41) is 16.1. The van der Waals surface area contributed by atoms with Crippen molar-refractivity contribution in [1.82, 2.24) is 15.2 Å². The van der Waals surface area contributed by atoms with Crippen LogP contribution in [-0.2, 0) is 6.42 Å². The molecule has 13 heavy (non-hydrogen) atoms. The molecule has 0 unspecified atom stereocenters. The van der Waals surface area contributed by atoms with Crippen molar-refractivity contribution in [3.63, 3.8) is 0 Å². The number of aromatic nitrogens is 3. The SMILES string of the molecule is On1cc(Cc2ccccc2)nn1. The van der Waals surface area contributed by atoms with Crippen molar-refractivity contribution in [3.8, 4) is 0 Å². The maximum absolute atomic E-state index is 8.87. The molecule has 0 radical (unpaired) electrons. The summed E-state index contributed by atoms with van der Waals surface area (Å²) in [5.74, 6) is 0. The summed E-state index contributed by atoms with van der Waals surface area (Å²) in [4.78, 5) is 0.721. The predicted octanol–water partition coefficient (Wildman–Crippen LogP) is 1.11. The number of nitrogens with zero attached hydrogens (tertiary/aromatic N) is 3. The van der Waals surface area contributed by atoms with Crippen molar-refractivity contribution >= 4 is 0 Å². The first-order valence-electron chi connectivity index (χ1n) is 3.99. The Kier molecular flexibility index (Phi) is 1.96. The van der Waals surface area contributed by atoms with Gasteiger partial charge in [0.05, 0.1) is 11.9 Å². The summed E-state index contributed by atoms with van der Waals surface area (Å²) in [5.41, 5.74) is 1.91. The van der Waals surface area contributed by atoms with Crippen LogP contribution in [0.3, 0.4) is 0 Å². The van der Waals surface area contributed by atoms with E-state index in [0.717, 1.165) is 16.1 Å². The van der Waals surface area contributed by atoms with Crippen LogP contribution in [0, 0.1) is 0 Å². The molecule has 1 aromatic carbocycles. The van der Waals surface area contributed by atoms with Gasteiger partial charge in [-0.15, -0.1) is 5.10 Å². The molecular formula is C9H9N3O. The van der Waals surface area contributed by atoms with Crippen molar-refractivity contribution in [2.75, 3.05) is 0 Å². The molecule has 0 aliphatic carbocycles. The summed E-state index contributed by atoms with van der Waals surface area (Å²) in [6.45, 7) is 0. The van der Waals surface area contributed by atoms with Crippen LogP contribution in [0.25, 0.3) is 0 Å². The minimum Gasteiger partial charge on any atom is -0.411 e. The highest BCUT2D eigenvalue weighted by Gasteiger charge is 1.99. The lowest BCUT2D eigenvalue weighted by molar-refractivity contribution is 0.143. The van der Waals surface area contributed by atoms with Gasteiger partial charge in [-0.3, -0.25) is 0 Å². The molecule has 0 spiro atoms. The van der Waals surface area contributed by atoms with E-state index in [9.17, 15) is 0 Å². The highest BCUT2D eigenvalue weighted by Crippen LogP contribution is 2.04. The molecule has 4 nitrogen and oxygen atoms in total. The third-order valence-corrected chi connectivity index (χ3v) is 1.76. The molecule has 1 heterocycles. The Hall–Kier alpha value is -1.84. The van der Waals surface area contributed by atoms with E-state index in [-0.39, 0.29) is 0 Å². The van der Waals surface area contributed by atoms with Gasteiger partial charge in [0.15, 0.2) is 0 Å². The largest absolute Gasteiger partial charge is 0.411 e. The molecule has 0 saturated heterocycles. The molecule has 0 bridgehead atoms. The van der Waals surface area contributed by atoms with E-state index in [4.69, 9.17) is 5.21 Å². The quantitative estimate of drug-likeness (QED) is 0.695. The number of hydrogen-bond acceptors (Lipinski definition) is 3. The van der Waals surface area contributed by atoms with Gasteiger partial charge >= 0.3 is 0 Å². The minimum absolute atomic E-state index is 0.696. The zero-order valence-electron chi connectivity index (χ0n) is 6.96. The van der Waals surface area contributed by atoms with Gasteiger partial charge in [-0.1, -0.05) is 35.2 Å². The van der Waals surface area contributed by atoms with Gasteiger partial charge in [0, 0.05) is 6.42 Å². The van der Waals surface area contributed by atoms with Gasteiger partial charge in [0.2, 0.25) is 0 Å². The molecule has 0 aliphatic rings. The maximum Gasteiger partial charge on any atom is 0.0908 e. The number of rotatable bonds is 2. The van der Waals surface area contributed by atoms with Gasteiger partial charge in [0.25, 0.3) is 0 Å². The molecule has 4 heteroatoms. The number of hydrogen-bond donors (Lipinski definition) is 1. The second-order valence-corrected chi connectivity index (χ2v) is 2.79.